The molecule has 2 atom stereocenters. The molecule has 0 saturated carbocycles. The van der Waals surface area contributed by atoms with Crippen molar-refractivity contribution in [2.45, 2.75) is 49.8 Å². The molecular formula is C12H19N3O3S. The summed E-state index contributed by atoms with van der Waals surface area (Å²) < 4.78 is 29.1. The summed E-state index contributed by atoms with van der Waals surface area (Å²) in [4.78, 5) is 4.35. The first-order valence-electron chi connectivity index (χ1n) is 6.92. The van der Waals surface area contributed by atoms with Crippen LogP contribution in [-0.2, 0) is 16.3 Å². The maximum absolute atomic E-state index is 11.9. The number of nitrogens with zero attached hydrogens (tertiary/aromatic N) is 2. The van der Waals surface area contributed by atoms with Gasteiger partial charge < -0.3 is 9.84 Å². The molecule has 2 unspecified atom stereocenters. The van der Waals surface area contributed by atoms with Crippen LogP contribution in [0.15, 0.2) is 4.52 Å². The normalized spacial score (nSPS) is 30.5. The molecule has 0 spiro atoms. The monoisotopic (exact) mass is 285 g/mol. The smallest absolute Gasteiger partial charge is 0.228 e. The summed E-state index contributed by atoms with van der Waals surface area (Å²) in [6.45, 7) is 0.978. The minimum Gasteiger partial charge on any atom is -0.339 e. The van der Waals surface area contributed by atoms with Gasteiger partial charge in [0.15, 0.2) is 15.7 Å². The molecule has 19 heavy (non-hydrogen) atoms. The van der Waals surface area contributed by atoms with Gasteiger partial charge in [0.1, 0.15) is 0 Å². The largest absolute Gasteiger partial charge is 0.339 e. The van der Waals surface area contributed by atoms with Crippen molar-refractivity contribution >= 4 is 9.84 Å². The number of nitrogens with one attached hydrogen (secondary N) is 1. The Bertz CT molecular complexity index is 534. The molecule has 0 aliphatic carbocycles. The van der Waals surface area contributed by atoms with E-state index in [4.69, 9.17) is 4.52 Å². The van der Waals surface area contributed by atoms with E-state index in [1.807, 2.05) is 0 Å². The summed E-state index contributed by atoms with van der Waals surface area (Å²) in [5.41, 5.74) is 0. The van der Waals surface area contributed by atoms with Crippen molar-refractivity contribution in [2.24, 2.45) is 0 Å². The first kappa shape index (κ1) is 13.1. The van der Waals surface area contributed by atoms with E-state index >= 15 is 0 Å². The predicted octanol–water partition coefficient (Wildman–Crippen LogP) is 1.00. The lowest BCUT2D eigenvalue weighted by Crippen LogP contribution is -2.30. The number of aromatic nitrogens is 2. The summed E-state index contributed by atoms with van der Waals surface area (Å²) in [5, 5.41) is 6.93. The van der Waals surface area contributed by atoms with Crippen LogP contribution in [0.2, 0.25) is 0 Å². The van der Waals surface area contributed by atoms with Gasteiger partial charge in [-0.2, -0.15) is 4.98 Å². The SMILES string of the molecule is O=S1(=O)CCCCC1Cc1nc(C2CCCN2)no1. The van der Waals surface area contributed by atoms with Crippen molar-refractivity contribution < 1.29 is 12.9 Å². The van der Waals surface area contributed by atoms with Crippen molar-refractivity contribution in [3.63, 3.8) is 0 Å². The second-order valence-electron chi connectivity index (χ2n) is 5.38. The van der Waals surface area contributed by atoms with Crippen LogP contribution in [0.25, 0.3) is 0 Å². The molecule has 106 valence electrons. The van der Waals surface area contributed by atoms with Gasteiger partial charge in [0.2, 0.25) is 5.89 Å². The highest BCUT2D eigenvalue weighted by Crippen LogP contribution is 2.24. The number of hydrogen-bond acceptors (Lipinski definition) is 6. The van der Waals surface area contributed by atoms with Crippen molar-refractivity contribution in [3.8, 4) is 0 Å². The maximum atomic E-state index is 11.9. The van der Waals surface area contributed by atoms with E-state index in [-0.39, 0.29) is 11.3 Å². The van der Waals surface area contributed by atoms with Gasteiger partial charge in [-0.15, -0.1) is 0 Å². The fourth-order valence-corrected chi connectivity index (χ4v) is 4.70. The van der Waals surface area contributed by atoms with Gasteiger partial charge in [-0.25, -0.2) is 8.42 Å². The third-order valence-corrected chi connectivity index (χ3v) is 6.25. The topological polar surface area (TPSA) is 85.1 Å². The lowest BCUT2D eigenvalue weighted by Gasteiger charge is -2.20. The average molecular weight is 285 g/mol. The van der Waals surface area contributed by atoms with Gasteiger partial charge in [-0.1, -0.05) is 11.6 Å². The number of hydrogen-bond donors (Lipinski definition) is 1. The van der Waals surface area contributed by atoms with E-state index in [1.54, 1.807) is 0 Å². The zero-order chi connectivity index (χ0) is 13.3. The molecular weight excluding hydrogens is 266 g/mol. The van der Waals surface area contributed by atoms with Gasteiger partial charge in [0.25, 0.3) is 0 Å². The van der Waals surface area contributed by atoms with E-state index in [0.717, 1.165) is 32.2 Å². The Morgan fingerprint density at radius 2 is 2.16 bits per heavy atom. The van der Waals surface area contributed by atoms with Crippen LogP contribution in [-0.4, -0.2) is 36.1 Å². The molecule has 0 amide bonds. The van der Waals surface area contributed by atoms with Crippen LogP contribution in [0.5, 0.6) is 0 Å². The molecule has 6 nitrogen and oxygen atoms in total. The van der Waals surface area contributed by atoms with Crippen LogP contribution in [0, 0.1) is 0 Å². The second kappa shape index (κ2) is 5.20. The van der Waals surface area contributed by atoms with E-state index < -0.39 is 9.84 Å². The number of sulfone groups is 1. The van der Waals surface area contributed by atoms with Crippen LogP contribution < -0.4 is 5.32 Å². The molecule has 1 N–H and O–H groups in total. The zero-order valence-corrected chi connectivity index (χ0v) is 11.7. The highest BCUT2D eigenvalue weighted by Gasteiger charge is 2.31. The highest BCUT2D eigenvalue weighted by atomic mass is 32.2. The van der Waals surface area contributed by atoms with Crippen molar-refractivity contribution in [3.05, 3.63) is 11.7 Å². The summed E-state index contributed by atoms with van der Waals surface area (Å²) >= 11 is 0. The molecule has 2 saturated heterocycles. The van der Waals surface area contributed by atoms with Crippen LogP contribution in [0.4, 0.5) is 0 Å². The molecule has 2 fully saturated rings. The lowest BCUT2D eigenvalue weighted by atomic mass is 10.1. The molecule has 3 heterocycles. The Morgan fingerprint density at radius 3 is 2.89 bits per heavy atom. The molecule has 3 rings (SSSR count). The molecule has 0 bridgehead atoms. The van der Waals surface area contributed by atoms with Crippen LogP contribution in [0.3, 0.4) is 0 Å². The molecule has 2 aliphatic heterocycles. The third-order valence-electron chi connectivity index (χ3n) is 3.97. The maximum Gasteiger partial charge on any atom is 0.228 e. The molecule has 1 aromatic rings. The summed E-state index contributed by atoms with van der Waals surface area (Å²) in [6, 6.07) is 0.167. The highest BCUT2D eigenvalue weighted by molar-refractivity contribution is 7.92. The van der Waals surface area contributed by atoms with Gasteiger partial charge >= 0.3 is 0 Å². The third kappa shape index (κ3) is 2.81. The Labute approximate surface area is 112 Å². The Hall–Kier alpha value is -0.950. The zero-order valence-electron chi connectivity index (χ0n) is 10.8. The fourth-order valence-electron chi connectivity index (χ4n) is 2.84. The summed E-state index contributed by atoms with van der Waals surface area (Å²) in [6.07, 6.45) is 4.95. The van der Waals surface area contributed by atoms with Gasteiger partial charge in [-0.3, -0.25) is 0 Å². The van der Waals surface area contributed by atoms with Gasteiger partial charge in [-0.05, 0) is 32.2 Å². The minimum absolute atomic E-state index is 0.167. The van der Waals surface area contributed by atoms with Gasteiger partial charge in [0, 0.05) is 6.42 Å². The standard InChI is InChI=1S/C12H19N3O3S/c16-19(17)7-2-1-4-9(19)8-11-14-12(15-18-11)10-5-3-6-13-10/h9-10,13H,1-8H2. The molecule has 1 aromatic heterocycles. The quantitative estimate of drug-likeness (QED) is 0.892. The Morgan fingerprint density at radius 1 is 1.26 bits per heavy atom. The van der Waals surface area contributed by atoms with E-state index in [1.165, 1.54) is 0 Å². The summed E-state index contributed by atoms with van der Waals surface area (Å²) in [7, 11) is -2.97. The first-order valence-corrected chi connectivity index (χ1v) is 8.64. The summed E-state index contributed by atoms with van der Waals surface area (Å²) in [5.74, 6) is 1.42. The Kier molecular flexibility index (Phi) is 3.58. The first-order chi connectivity index (χ1) is 9.15. The van der Waals surface area contributed by atoms with E-state index in [0.29, 0.717) is 30.3 Å². The van der Waals surface area contributed by atoms with Crippen LogP contribution in [0.1, 0.15) is 49.9 Å². The van der Waals surface area contributed by atoms with Crippen LogP contribution >= 0.6 is 0 Å². The fraction of sp³-hybridized carbons (Fsp3) is 0.833. The van der Waals surface area contributed by atoms with E-state index in [2.05, 4.69) is 15.5 Å². The predicted molar refractivity (Wildman–Crippen MR) is 69.4 cm³/mol. The average Bonchev–Trinajstić information content (AvgIpc) is 3.02. The Balaban J connectivity index is 1.69. The van der Waals surface area contributed by atoms with Crippen molar-refractivity contribution in [2.75, 3.05) is 12.3 Å². The molecule has 2 aliphatic rings. The molecule has 0 radical (unpaired) electrons. The van der Waals surface area contributed by atoms with E-state index in [9.17, 15) is 8.42 Å². The molecule has 7 heteroatoms. The number of rotatable bonds is 3. The van der Waals surface area contributed by atoms with Crippen molar-refractivity contribution in [1.82, 2.24) is 15.5 Å². The second-order valence-corrected chi connectivity index (χ2v) is 7.78. The van der Waals surface area contributed by atoms with Crippen molar-refractivity contribution in [1.29, 1.82) is 0 Å². The lowest BCUT2D eigenvalue weighted by molar-refractivity contribution is 0.362. The van der Waals surface area contributed by atoms with Gasteiger partial charge in [0.05, 0.1) is 17.0 Å². The minimum atomic E-state index is -2.97. The molecule has 0 aromatic carbocycles.